The number of benzene rings is 2. The molecule has 2 N–H and O–H groups in total. The van der Waals surface area contributed by atoms with Crippen molar-refractivity contribution in [2.75, 3.05) is 5.32 Å². The molecule has 142 valence electrons. The third kappa shape index (κ3) is 5.66. The molecule has 1 aromatic heterocycles. The monoisotopic (exact) mass is 393 g/mol. The van der Waals surface area contributed by atoms with Gasteiger partial charge in [-0.05, 0) is 47.9 Å². The summed E-state index contributed by atoms with van der Waals surface area (Å²) < 4.78 is 0. The molecular formula is C22H20ClN3O2. The van der Waals surface area contributed by atoms with E-state index in [1.165, 1.54) is 0 Å². The lowest BCUT2D eigenvalue weighted by atomic mass is 10.1. The molecule has 3 rings (SSSR count). The molecular weight excluding hydrogens is 374 g/mol. The number of carbonyl (C=O) groups excluding carboxylic acids is 2. The van der Waals surface area contributed by atoms with E-state index < -0.39 is 0 Å². The van der Waals surface area contributed by atoms with Gasteiger partial charge in [-0.25, -0.2) is 0 Å². The molecule has 0 radical (unpaired) electrons. The number of amides is 2. The second kappa shape index (κ2) is 9.67. The van der Waals surface area contributed by atoms with Gasteiger partial charge in [0.05, 0.1) is 0 Å². The van der Waals surface area contributed by atoms with Crippen LogP contribution in [-0.4, -0.2) is 16.8 Å². The fourth-order valence-electron chi connectivity index (χ4n) is 2.70. The van der Waals surface area contributed by atoms with Crippen LogP contribution in [0.1, 0.15) is 27.9 Å². The van der Waals surface area contributed by atoms with Crippen molar-refractivity contribution in [1.29, 1.82) is 0 Å². The van der Waals surface area contributed by atoms with Crippen LogP contribution in [0.5, 0.6) is 0 Å². The molecule has 5 nitrogen and oxygen atoms in total. The SMILES string of the molecule is O=C(CCc1ccccc1Cl)NCc1cccc(NC(=O)c2ccncc2)c1. The first-order valence-electron chi connectivity index (χ1n) is 8.92. The molecule has 0 fully saturated rings. The highest BCUT2D eigenvalue weighted by Crippen LogP contribution is 2.16. The average Bonchev–Trinajstić information content (AvgIpc) is 2.72. The van der Waals surface area contributed by atoms with Crippen LogP contribution in [0.4, 0.5) is 5.69 Å². The summed E-state index contributed by atoms with van der Waals surface area (Å²) >= 11 is 6.11. The number of rotatable bonds is 7. The summed E-state index contributed by atoms with van der Waals surface area (Å²) in [5, 5.41) is 6.42. The summed E-state index contributed by atoms with van der Waals surface area (Å²) in [6.45, 7) is 0.389. The van der Waals surface area contributed by atoms with Crippen LogP contribution in [0.2, 0.25) is 5.02 Å². The molecule has 0 aliphatic rings. The van der Waals surface area contributed by atoms with E-state index in [-0.39, 0.29) is 11.8 Å². The van der Waals surface area contributed by atoms with E-state index in [1.54, 1.807) is 24.5 Å². The summed E-state index contributed by atoms with van der Waals surface area (Å²) in [6, 6.07) is 18.2. The Morgan fingerprint density at radius 1 is 0.964 bits per heavy atom. The number of aromatic nitrogens is 1. The van der Waals surface area contributed by atoms with Crippen LogP contribution < -0.4 is 10.6 Å². The molecule has 3 aromatic rings. The van der Waals surface area contributed by atoms with Crippen molar-refractivity contribution in [2.24, 2.45) is 0 Å². The molecule has 0 spiro atoms. The first-order valence-corrected chi connectivity index (χ1v) is 9.30. The van der Waals surface area contributed by atoms with E-state index in [1.807, 2.05) is 48.5 Å². The van der Waals surface area contributed by atoms with Crippen LogP contribution >= 0.6 is 11.6 Å². The fraction of sp³-hybridized carbons (Fsp3) is 0.136. The highest BCUT2D eigenvalue weighted by molar-refractivity contribution is 6.31. The molecule has 0 aliphatic carbocycles. The molecule has 0 saturated heterocycles. The highest BCUT2D eigenvalue weighted by Gasteiger charge is 2.07. The van der Waals surface area contributed by atoms with Gasteiger partial charge >= 0.3 is 0 Å². The van der Waals surface area contributed by atoms with Gasteiger partial charge in [0.1, 0.15) is 0 Å². The third-order valence-electron chi connectivity index (χ3n) is 4.20. The lowest BCUT2D eigenvalue weighted by Gasteiger charge is -2.09. The molecule has 6 heteroatoms. The number of hydrogen-bond donors (Lipinski definition) is 2. The van der Waals surface area contributed by atoms with E-state index >= 15 is 0 Å². The Kier molecular flexibility index (Phi) is 6.76. The van der Waals surface area contributed by atoms with Gasteiger partial charge in [-0.15, -0.1) is 0 Å². The summed E-state index contributed by atoms with van der Waals surface area (Å²) in [4.78, 5) is 28.2. The van der Waals surface area contributed by atoms with Crippen LogP contribution in [0.15, 0.2) is 73.1 Å². The first-order chi connectivity index (χ1) is 13.6. The Hall–Kier alpha value is -3.18. The summed E-state index contributed by atoms with van der Waals surface area (Å²) in [7, 11) is 0. The van der Waals surface area contributed by atoms with E-state index in [2.05, 4.69) is 15.6 Å². The van der Waals surface area contributed by atoms with E-state index in [4.69, 9.17) is 11.6 Å². The van der Waals surface area contributed by atoms with Crippen molar-refractivity contribution in [2.45, 2.75) is 19.4 Å². The Balaban J connectivity index is 1.51. The predicted molar refractivity (Wildman–Crippen MR) is 110 cm³/mol. The maximum absolute atomic E-state index is 12.2. The van der Waals surface area contributed by atoms with Crippen molar-refractivity contribution >= 4 is 29.1 Å². The minimum Gasteiger partial charge on any atom is -0.352 e. The minimum absolute atomic E-state index is 0.0499. The predicted octanol–water partition coefficient (Wildman–Crippen LogP) is 4.24. The van der Waals surface area contributed by atoms with Crippen LogP contribution in [-0.2, 0) is 17.8 Å². The summed E-state index contributed by atoms with van der Waals surface area (Å²) in [5.41, 5.74) is 3.07. The molecule has 2 amide bonds. The van der Waals surface area contributed by atoms with Gasteiger partial charge in [0.25, 0.3) is 5.91 Å². The zero-order valence-electron chi connectivity index (χ0n) is 15.2. The van der Waals surface area contributed by atoms with Gasteiger partial charge in [-0.1, -0.05) is 41.9 Å². The van der Waals surface area contributed by atoms with Crippen LogP contribution in [0.25, 0.3) is 0 Å². The van der Waals surface area contributed by atoms with Gasteiger partial charge in [0.15, 0.2) is 0 Å². The van der Waals surface area contributed by atoms with Crippen molar-refractivity contribution in [3.8, 4) is 0 Å². The molecule has 2 aromatic carbocycles. The molecule has 0 saturated carbocycles. The molecule has 0 unspecified atom stereocenters. The van der Waals surface area contributed by atoms with Gasteiger partial charge in [0.2, 0.25) is 5.91 Å². The largest absolute Gasteiger partial charge is 0.352 e. The Labute approximate surface area is 168 Å². The lowest BCUT2D eigenvalue weighted by Crippen LogP contribution is -2.23. The first kappa shape index (κ1) is 19.6. The second-order valence-electron chi connectivity index (χ2n) is 6.26. The number of hydrogen-bond acceptors (Lipinski definition) is 3. The standard InChI is InChI=1S/C22H20ClN3O2/c23-20-7-2-1-5-17(20)8-9-21(27)25-15-16-4-3-6-19(14-16)26-22(28)18-10-12-24-13-11-18/h1-7,10-14H,8-9,15H2,(H,25,27)(H,26,28). The van der Waals surface area contributed by atoms with E-state index in [9.17, 15) is 9.59 Å². The minimum atomic E-state index is -0.205. The van der Waals surface area contributed by atoms with Crippen molar-refractivity contribution < 1.29 is 9.59 Å². The number of pyridine rings is 1. The topological polar surface area (TPSA) is 71.1 Å². The Bertz CT molecular complexity index is 961. The van der Waals surface area contributed by atoms with Gasteiger partial charge in [0, 0.05) is 41.6 Å². The lowest BCUT2D eigenvalue weighted by molar-refractivity contribution is -0.121. The van der Waals surface area contributed by atoms with E-state index in [0.717, 1.165) is 11.1 Å². The summed E-state index contributed by atoms with van der Waals surface area (Å²) in [5.74, 6) is -0.255. The number of nitrogens with zero attached hydrogens (tertiary/aromatic N) is 1. The number of aryl methyl sites for hydroxylation is 1. The quantitative estimate of drug-likeness (QED) is 0.630. The third-order valence-corrected chi connectivity index (χ3v) is 4.57. The molecule has 0 atom stereocenters. The molecule has 1 heterocycles. The van der Waals surface area contributed by atoms with Gasteiger partial charge < -0.3 is 10.6 Å². The molecule has 28 heavy (non-hydrogen) atoms. The number of anilines is 1. The molecule has 0 aliphatic heterocycles. The summed E-state index contributed by atoms with van der Waals surface area (Å²) in [6.07, 6.45) is 4.10. The zero-order chi connectivity index (χ0) is 19.8. The number of carbonyl (C=O) groups is 2. The maximum atomic E-state index is 12.2. The highest BCUT2D eigenvalue weighted by atomic mass is 35.5. The Morgan fingerprint density at radius 3 is 2.54 bits per heavy atom. The second-order valence-corrected chi connectivity index (χ2v) is 6.67. The maximum Gasteiger partial charge on any atom is 0.255 e. The van der Waals surface area contributed by atoms with E-state index in [0.29, 0.717) is 35.7 Å². The average molecular weight is 394 g/mol. The van der Waals surface area contributed by atoms with Crippen LogP contribution in [0, 0.1) is 0 Å². The normalized spacial score (nSPS) is 10.3. The number of halogens is 1. The Morgan fingerprint density at radius 2 is 1.75 bits per heavy atom. The molecule has 0 bridgehead atoms. The van der Waals surface area contributed by atoms with Crippen molar-refractivity contribution in [1.82, 2.24) is 10.3 Å². The van der Waals surface area contributed by atoms with Crippen molar-refractivity contribution in [3.63, 3.8) is 0 Å². The smallest absolute Gasteiger partial charge is 0.255 e. The van der Waals surface area contributed by atoms with Crippen LogP contribution in [0.3, 0.4) is 0 Å². The fourth-order valence-corrected chi connectivity index (χ4v) is 2.93. The number of nitrogens with one attached hydrogen (secondary N) is 2. The van der Waals surface area contributed by atoms with Gasteiger partial charge in [-0.3, -0.25) is 14.6 Å². The zero-order valence-corrected chi connectivity index (χ0v) is 15.9. The van der Waals surface area contributed by atoms with Crippen molar-refractivity contribution in [3.05, 3.63) is 94.8 Å². The van der Waals surface area contributed by atoms with Gasteiger partial charge in [-0.2, -0.15) is 0 Å².